The molecule has 5 heteroatoms. The predicted molar refractivity (Wildman–Crippen MR) is 44.9 cm³/mol. The zero-order chi connectivity index (χ0) is 9.35. The Hall–Kier alpha value is -1.10. The monoisotopic (exact) mass is 187 g/mol. The van der Waals surface area contributed by atoms with E-state index in [1.165, 1.54) is 12.3 Å². The highest BCUT2D eigenvalue weighted by Gasteiger charge is 2.07. The van der Waals surface area contributed by atoms with Crippen LogP contribution in [0.5, 0.6) is 0 Å². The average Bonchev–Trinajstić information content (AvgIpc) is 1.92. The van der Waals surface area contributed by atoms with Crippen LogP contribution in [0.4, 0.5) is 0 Å². The highest BCUT2D eigenvalue weighted by atomic mass is 32.2. The Morgan fingerprint density at radius 2 is 2.00 bits per heavy atom. The van der Waals surface area contributed by atoms with Crippen LogP contribution in [0, 0.1) is 6.92 Å². The van der Waals surface area contributed by atoms with Gasteiger partial charge in [0.25, 0.3) is 5.56 Å². The van der Waals surface area contributed by atoms with Crippen molar-refractivity contribution in [1.82, 2.24) is 4.98 Å². The molecule has 1 N–H and O–H groups in total. The Morgan fingerprint density at radius 1 is 1.42 bits per heavy atom. The van der Waals surface area contributed by atoms with Gasteiger partial charge in [-0.3, -0.25) is 4.79 Å². The van der Waals surface area contributed by atoms with Gasteiger partial charge in [0.15, 0.2) is 9.84 Å². The average molecular weight is 187 g/mol. The molecule has 0 fully saturated rings. The molecule has 1 rings (SSSR count). The Kier molecular flexibility index (Phi) is 2.06. The quantitative estimate of drug-likeness (QED) is 0.677. The maximum atomic E-state index is 11.0. The molecule has 0 radical (unpaired) electrons. The first-order valence-corrected chi connectivity index (χ1v) is 5.20. The van der Waals surface area contributed by atoms with Crippen LogP contribution in [0.25, 0.3) is 0 Å². The van der Waals surface area contributed by atoms with Gasteiger partial charge in [0.05, 0.1) is 4.90 Å². The third-order valence-electron chi connectivity index (χ3n) is 1.49. The summed E-state index contributed by atoms with van der Waals surface area (Å²) in [5.41, 5.74) is 0.139. The van der Waals surface area contributed by atoms with Crippen molar-refractivity contribution in [1.29, 1.82) is 0 Å². The lowest BCUT2D eigenvalue weighted by Crippen LogP contribution is -2.10. The predicted octanol–water partition coefficient (Wildman–Crippen LogP) is 0.0868. The van der Waals surface area contributed by atoms with Crippen LogP contribution in [0.3, 0.4) is 0 Å². The van der Waals surface area contributed by atoms with E-state index in [1.54, 1.807) is 6.92 Å². The third kappa shape index (κ3) is 1.73. The Morgan fingerprint density at radius 3 is 2.42 bits per heavy atom. The summed E-state index contributed by atoms with van der Waals surface area (Å²) in [5, 5.41) is 0. The zero-order valence-corrected chi connectivity index (χ0v) is 7.60. The fraction of sp³-hybridized carbons (Fsp3) is 0.286. The molecule has 1 heterocycles. The van der Waals surface area contributed by atoms with Gasteiger partial charge < -0.3 is 4.98 Å². The minimum Gasteiger partial charge on any atom is -0.328 e. The molecule has 1 aromatic rings. The van der Waals surface area contributed by atoms with Crippen molar-refractivity contribution in [2.75, 3.05) is 6.26 Å². The molecule has 0 amide bonds. The van der Waals surface area contributed by atoms with Crippen LogP contribution in [0.15, 0.2) is 22.0 Å². The summed E-state index contributed by atoms with van der Waals surface area (Å²) < 4.78 is 21.9. The van der Waals surface area contributed by atoms with Gasteiger partial charge in [-0.25, -0.2) is 8.42 Å². The topological polar surface area (TPSA) is 67.0 Å². The van der Waals surface area contributed by atoms with Crippen LogP contribution < -0.4 is 5.56 Å². The Labute approximate surface area is 70.2 Å². The van der Waals surface area contributed by atoms with Crippen molar-refractivity contribution in [3.05, 3.63) is 28.2 Å². The van der Waals surface area contributed by atoms with E-state index in [-0.39, 0.29) is 10.5 Å². The number of sulfone groups is 1. The van der Waals surface area contributed by atoms with Gasteiger partial charge in [-0.1, -0.05) is 0 Å². The van der Waals surface area contributed by atoms with Crippen molar-refractivity contribution in [3.8, 4) is 0 Å². The summed E-state index contributed by atoms with van der Waals surface area (Å²) >= 11 is 0. The van der Waals surface area contributed by atoms with Crippen molar-refractivity contribution in [2.45, 2.75) is 11.8 Å². The number of aryl methyl sites for hydroxylation is 1. The number of aromatic nitrogens is 1. The minimum absolute atomic E-state index is 0.139. The van der Waals surface area contributed by atoms with Gasteiger partial charge in [0, 0.05) is 18.0 Å². The molecule has 0 aromatic carbocycles. The maximum Gasteiger partial charge on any atom is 0.250 e. The summed E-state index contributed by atoms with van der Waals surface area (Å²) in [5.74, 6) is 0. The highest BCUT2D eigenvalue weighted by molar-refractivity contribution is 7.90. The zero-order valence-electron chi connectivity index (χ0n) is 6.79. The summed E-state index contributed by atoms with van der Waals surface area (Å²) in [6.45, 7) is 1.56. The van der Waals surface area contributed by atoms with Gasteiger partial charge in [0.2, 0.25) is 0 Å². The fourth-order valence-corrected chi connectivity index (χ4v) is 1.45. The first-order valence-electron chi connectivity index (χ1n) is 3.30. The highest BCUT2D eigenvalue weighted by Crippen LogP contribution is 2.05. The maximum absolute atomic E-state index is 11.0. The smallest absolute Gasteiger partial charge is 0.250 e. The molecule has 0 bridgehead atoms. The Bertz CT molecular complexity index is 444. The number of H-pyrrole nitrogens is 1. The van der Waals surface area contributed by atoms with Crippen LogP contribution in [0.1, 0.15) is 5.56 Å². The standard InChI is InChI=1S/C7H9NO3S/c1-5-3-6(12(2,10)11)4-8-7(5)9/h3-4H,1-2H3,(H,8,9). The van der Waals surface area contributed by atoms with E-state index in [2.05, 4.69) is 4.98 Å². The van der Waals surface area contributed by atoms with Crippen molar-refractivity contribution >= 4 is 9.84 Å². The molecule has 66 valence electrons. The van der Waals surface area contributed by atoms with E-state index in [0.29, 0.717) is 5.56 Å². The SMILES string of the molecule is Cc1cc(S(C)(=O)=O)c[nH]c1=O. The lowest BCUT2D eigenvalue weighted by Gasteiger charge is -1.97. The molecule has 0 spiro atoms. The van der Waals surface area contributed by atoms with Gasteiger partial charge >= 0.3 is 0 Å². The lowest BCUT2D eigenvalue weighted by molar-refractivity contribution is 0.601. The molecule has 0 aliphatic heterocycles. The number of pyridine rings is 1. The van der Waals surface area contributed by atoms with Gasteiger partial charge in [-0.05, 0) is 13.0 Å². The molecule has 12 heavy (non-hydrogen) atoms. The summed E-state index contributed by atoms with van der Waals surface area (Å²) in [6.07, 6.45) is 2.30. The van der Waals surface area contributed by atoms with Crippen molar-refractivity contribution < 1.29 is 8.42 Å². The summed E-state index contributed by atoms with van der Waals surface area (Å²) in [4.78, 5) is 13.3. The molecule has 0 aliphatic carbocycles. The number of hydrogen-bond acceptors (Lipinski definition) is 3. The van der Waals surface area contributed by atoms with Crippen molar-refractivity contribution in [2.24, 2.45) is 0 Å². The normalized spacial score (nSPS) is 11.5. The molecule has 0 unspecified atom stereocenters. The van der Waals surface area contributed by atoms with Crippen LogP contribution in [-0.4, -0.2) is 19.7 Å². The number of aromatic amines is 1. The van der Waals surface area contributed by atoms with Gasteiger partial charge in [0.1, 0.15) is 0 Å². The van der Waals surface area contributed by atoms with Gasteiger partial charge in [-0.2, -0.15) is 0 Å². The fourth-order valence-electron chi connectivity index (χ4n) is 0.785. The van der Waals surface area contributed by atoms with E-state index in [0.717, 1.165) is 6.26 Å². The molecule has 0 saturated carbocycles. The summed E-state index contributed by atoms with van der Waals surface area (Å²) in [7, 11) is -3.21. The van der Waals surface area contributed by atoms with Crippen molar-refractivity contribution in [3.63, 3.8) is 0 Å². The first kappa shape index (κ1) is 8.99. The number of hydrogen-bond donors (Lipinski definition) is 1. The first-order chi connectivity index (χ1) is 5.41. The van der Waals surface area contributed by atoms with Gasteiger partial charge in [-0.15, -0.1) is 0 Å². The third-order valence-corrected chi connectivity index (χ3v) is 2.58. The van der Waals surface area contributed by atoms with Crippen LogP contribution >= 0.6 is 0 Å². The molecular formula is C7H9NO3S. The molecule has 0 saturated heterocycles. The molecule has 0 atom stereocenters. The second kappa shape index (κ2) is 2.75. The van der Waals surface area contributed by atoms with E-state index in [1.807, 2.05) is 0 Å². The minimum atomic E-state index is -3.21. The molecule has 1 aromatic heterocycles. The second-order valence-corrected chi connectivity index (χ2v) is 4.64. The molecule has 0 aliphatic rings. The Balaban J connectivity index is 3.43. The van der Waals surface area contributed by atoms with Crippen LogP contribution in [-0.2, 0) is 9.84 Å². The van der Waals surface area contributed by atoms with E-state index in [4.69, 9.17) is 0 Å². The van der Waals surface area contributed by atoms with E-state index in [9.17, 15) is 13.2 Å². The largest absolute Gasteiger partial charge is 0.328 e. The van der Waals surface area contributed by atoms with E-state index < -0.39 is 9.84 Å². The second-order valence-electron chi connectivity index (χ2n) is 2.62. The lowest BCUT2D eigenvalue weighted by atomic mass is 10.3. The molecule has 4 nitrogen and oxygen atoms in total. The number of nitrogens with one attached hydrogen (secondary N) is 1. The number of rotatable bonds is 1. The van der Waals surface area contributed by atoms with Crippen LogP contribution in [0.2, 0.25) is 0 Å². The summed E-state index contributed by atoms with van der Waals surface area (Å²) in [6, 6.07) is 1.36. The van der Waals surface area contributed by atoms with E-state index >= 15 is 0 Å². The molecular weight excluding hydrogens is 178 g/mol.